The van der Waals surface area contributed by atoms with Gasteiger partial charge in [-0.25, -0.2) is 9.50 Å². The van der Waals surface area contributed by atoms with Gasteiger partial charge in [-0.1, -0.05) is 0 Å². The molecule has 0 spiro atoms. The third-order valence-electron chi connectivity index (χ3n) is 3.28. The van der Waals surface area contributed by atoms with Crippen molar-refractivity contribution < 1.29 is 9.90 Å². The molecule has 100 valence electrons. The summed E-state index contributed by atoms with van der Waals surface area (Å²) in [6.45, 7) is 1.32. The monoisotopic (exact) mass is 325 g/mol. The van der Waals surface area contributed by atoms with E-state index in [1.54, 1.807) is 16.9 Å². The fourth-order valence-electron chi connectivity index (χ4n) is 2.21. The molecule has 3 rings (SSSR count). The molecule has 0 amide bonds. The lowest BCUT2D eigenvalue weighted by atomic mass is 9.97. The Bertz CT molecular complexity index is 621. The number of rotatable bonds is 2. The number of carboxylic acids is 1. The molecule has 19 heavy (non-hydrogen) atoms. The van der Waals surface area contributed by atoms with Crippen LogP contribution in [0.5, 0.6) is 0 Å². The van der Waals surface area contributed by atoms with E-state index in [1.807, 2.05) is 4.90 Å². The maximum atomic E-state index is 10.9. The summed E-state index contributed by atoms with van der Waals surface area (Å²) >= 11 is 3.33. The van der Waals surface area contributed by atoms with Gasteiger partial charge in [-0.3, -0.25) is 4.79 Å². The second-order valence-electron chi connectivity index (χ2n) is 4.53. The number of fused-ring (bicyclic) bond motifs is 1. The minimum Gasteiger partial charge on any atom is -0.481 e. The number of hydrogen-bond donors (Lipinski definition) is 1. The summed E-state index contributed by atoms with van der Waals surface area (Å²) in [6, 6.07) is 0. The van der Waals surface area contributed by atoms with Crippen molar-refractivity contribution in [2.75, 3.05) is 18.0 Å². The molecule has 1 aliphatic rings. The summed E-state index contributed by atoms with van der Waals surface area (Å²) in [5.41, 5.74) is 0. The van der Waals surface area contributed by atoms with Gasteiger partial charge < -0.3 is 10.0 Å². The van der Waals surface area contributed by atoms with Crippen molar-refractivity contribution >= 4 is 33.6 Å². The van der Waals surface area contributed by atoms with E-state index < -0.39 is 5.97 Å². The summed E-state index contributed by atoms with van der Waals surface area (Å²) in [5.74, 6) is 0.182. The first-order valence-corrected chi connectivity index (χ1v) is 6.78. The Morgan fingerprint density at radius 2 is 2.16 bits per heavy atom. The highest BCUT2D eigenvalue weighted by molar-refractivity contribution is 9.10. The van der Waals surface area contributed by atoms with Crippen molar-refractivity contribution in [3.8, 4) is 0 Å². The standard InChI is InChI=1S/C11H12BrN5O2/c12-8-5-13-10-14-11(15-17(10)6-8)16-3-1-7(2-4-16)9(18)19/h5-7H,1-4H2,(H,18,19). The Kier molecular flexibility index (Phi) is 3.09. The molecule has 2 aromatic heterocycles. The van der Waals surface area contributed by atoms with E-state index >= 15 is 0 Å². The van der Waals surface area contributed by atoms with Gasteiger partial charge >= 0.3 is 5.97 Å². The number of halogens is 1. The highest BCUT2D eigenvalue weighted by atomic mass is 79.9. The lowest BCUT2D eigenvalue weighted by Gasteiger charge is -2.28. The van der Waals surface area contributed by atoms with Crippen LogP contribution in [0.4, 0.5) is 5.95 Å². The molecule has 0 unspecified atom stereocenters. The van der Waals surface area contributed by atoms with Crippen molar-refractivity contribution in [1.82, 2.24) is 19.6 Å². The van der Waals surface area contributed by atoms with Gasteiger partial charge in [0.2, 0.25) is 5.95 Å². The lowest BCUT2D eigenvalue weighted by molar-refractivity contribution is -0.142. The fraction of sp³-hybridized carbons (Fsp3) is 0.455. The largest absolute Gasteiger partial charge is 0.481 e. The molecule has 1 N–H and O–H groups in total. The van der Waals surface area contributed by atoms with Crippen molar-refractivity contribution in [3.63, 3.8) is 0 Å². The van der Waals surface area contributed by atoms with E-state index in [9.17, 15) is 4.79 Å². The van der Waals surface area contributed by atoms with Gasteiger partial charge in [-0.15, -0.1) is 5.10 Å². The second kappa shape index (κ2) is 4.76. The number of carbonyl (C=O) groups is 1. The Balaban J connectivity index is 1.80. The van der Waals surface area contributed by atoms with E-state index in [4.69, 9.17) is 5.11 Å². The summed E-state index contributed by atoms with van der Waals surface area (Å²) in [7, 11) is 0. The Hall–Kier alpha value is -1.70. The van der Waals surface area contributed by atoms with Gasteiger partial charge in [0.05, 0.1) is 10.4 Å². The van der Waals surface area contributed by atoms with Crippen molar-refractivity contribution in [2.24, 2.45) is 5.92 Å². The molecule has 0 radical (unpaired) electrons. The molecule has 2 aromatic rings. The summed E-state index contributed by atoms with van der Waals surface area (Å²) < 4.78 is 2.45. The molecular weight excluding hydrogens is 314 g/mol. The molecular formula is C11H12BrN5O2. The first kappa shape index (κ1) is 12.3. The van der Waals surface area contributed by atoms with Crippen molar-refractivity contribution in [3.05, 3.63) is 16.9 Å². The van der Waals surface area contributed by atoms with Crippen LogP contribution >= 0.6 is 15.9 Å². The van der Waals surface area contributed by atoms with Crippen molar-refractivity contribution in [2.45, 2.75) is 12.8 Å². The number of hydrogen-bond acceptors (Lipinski definition) is 5. The zero-order chi connectivity index (χ0) is 13.4. The maximum absolute atomic E-state index is 10.9. The van der Waals surface area contributed by atoms with Crippen LogP contribution in [-0.4, -0.2) is 43.7 Å². The molecule has 0 aromatic carbocycles. The Morgan fingerprint density at radius 1 is 1.42 bits per heavy atom. The molecule has 1 saturated heterocycles. The van der Waals surface area contributed by atoms with Gasteiger partial charge in [0, 0.05) is 25.5 Å². The molecule has 1 aliphatic heterocycles. The molecule has 1 fully saturated rings. The Labute approximate surface area is 117 Å². The minimum absolute atomic E-state index is 0.249. The van der Waals surface area contributed by atoms with Crippen LogP contribution in [0.25, 0.3) is 5.78 Å². The van der Waals surface area contributed by atoms with Gasteiger partial charge in [0.1, 0.15) is 0 Å². The van der Waals surface area contributed by atoms with Gasteiger partial charge in [-0.2, -0.15) is 4.98 Å². The molecule has 7 nitrogen and oxygen atoms in total. The number of piperidine rings is 1. The smallest absolute Gasteiger partial charge is 0.306 e. The van der Waals surface area contributed by atoms with E-state index in [2.05, 4.69) is 31.0 Å². The number of aromatic nitrogens is 4. The molecule has 0 aliphatic carbocycles. The predicted molar refractivity (Wildman–Crippen MR) is 71.1 cm³/mol. The number of nitrogens with zero attached hydrogens (tertiary/aromatic N) is 5. The lowest BCUT2D eigenvalue weighted by Crippen LogP contribution is -2.36. The first-order chi connectivity index (χ1) is 9.13. The third-order valence-corrected chi connectivity index (χ3v) is 3.69. The molecule has 0 atom stereocenters. The van der Waals surface area contributed by atoms with E-state index in [-0.39, 0.29) is 5.92 Å². The van der Waals surface area contributed by atoms with Crippen LogP contribution in [0.15, 0.2) is 16.9 Å². The Morgan fingerprint density at radius 3 is 2.84 bits per heavy atom. The number of anilines is 1. The van der Waals surface area contributed by atoms with Crippen LogP contribution in [0.2, 0.25) is 0 Å². The van der Waals surface area contributed by atoms with Crippen LogP contribution in [0.1, 0.15) is 12.8 Å². The van der Waals surface area contributed by atoms with Crippen molar-refractivity contribution in [1.29, 1.82) is 0 Å². The normalized spacial score (nSPS) is 17.0. The zero-order valence-corrected chi connectivity index (χ0v) is 11.6. The van der Waals surface area contributed by atoms with Crippen LogP contribution in [0.3, 0.4) is 0 Å². The quantitative estimate of drug-likeness (QED) is 0.892. The summed E-state index contributed by atoms with van der Waals surface area (Å²) in [6.07, 6.45) is 4.72. The zero-order valence-electron chi connectivity index (χ0n) is 10.0. The predicted octanol–water partition coefficient (Wildman–Crippen LogP) is 1.19. The van der Waals surface area contributed by atoms with Gasteiger partial charge in [-0.05, 0) is 28.8 Å². The average molecular weight is 326 g/mol. The maximum Gasteiger partial charge on any atom is 0.306 e. The van der Waals surface area contributed by atoms with Gasteiger partial charge in [0.25, 0.3) is 5.78 Å². The fourth-order valence-corrected chi connectivity index (χ4v) is 2.51. The van der Waals surface area contributed by atoms with E-state index in [0.717, 1.165) is 4.47 Å². The number of carboxylic acid groups (broad SMARTS) is 1. The molecule has 0 bridgehead atoms. The highest BCUT2D eigenvalue weighted by Gasteiger charge is 2.26. The second-order valence-corrected chi connectivity index (χ2v) is 5.44. The molecule has 8 heteroatoms. The van der Waals surface area contributed by atoms with Gasteiger partial charge in [0.15, 0.2) is 0 Å². The van der Waals surface area contributed by atoms with E-state index in [0.29, 0.717) is 37.7 Å². The van der Waals surface area contributed by atoms with Crippen LogP contribution in [0, 0.1) is 5.92 Å². The third kappa shape index (κ3) is 2.40. The molecule has 0 saturated carbocycles. The summed E-state index contributed by atoms with van der Waals surface area (Å²) in [5, 5.41) is 13.3. The summed E-state index contributed by atoms with van der Waals surface area (Å²) in [4.78, 5) is 21.4. The van der Waals surface area contributed by atoms with Crippen LogP contribution < -0.4 is 4.90 Å². The first-order valence-electron chi connectivity index (χ1n) is 5.99. The topological polar surface area (TPSA) is 83.6 Å². The average Bonchev–Trinajstić information content (AvgIpc) is 2.81. The van der Waals surface area contributed by atoms with E-state index in [1.165, 1.54) is 0 Å². The number of aliphatic carboxylic acids is 1. The minimum atomic E-state index is -0.715. The molecule has 3 heterocycles. The van der Waals surface area contributed by atoms with Crippen LogP contribution in [-0.2, 0) is 4.79 Å². The highest BCUT2D eigenvalue weighted by Crippen LogP contribution is 2.21. The SMILES string of the molecule is O=C(O)C1CCN(c2nc3ncc(Br)cn3n2)CC1.